The quantitative estimate of drug-likeness (QED) is 0.822. The molecule has 0 fully saturated rings. The van der Waals surface area contributed by atoms with Crippen LogP contribution in [0.2, 0.25) is 0 Å². The van der Waals surface area contributed by atoms with Gasteiger partial charge in [-0.25, -0.2) is 4.39 Å². The fraction of sp³-hybridized carbons (Fsp3) is 0.500. The zero-order valence-electron chi connectivity index (χ0n) is 11.0. The molecular formula is C14H19BrFNO. The fourth-order valence-electron chi connectivity index (χ4n) is 1.77. The minimum atomic E-state index is -0.478. The maximum atomic E-state index is 13.6. The lowest BCUT2D eigenvalue weighted by molar-refractivity contribution is 0.0899. The van der Waals surface area contributed by atoms with E-state index in [1.165, 1.54) is 6.07 Å². The first-order valence-corrected chi connectivity index (χ1v) is 7.24. The van der Waals surface area contributed by atoms with Crippen molar-refractivity contribution in [2.75, 3.05) is 5.33 Å². The number of alkyl halides is 1. The topological polar surface area (TPSA) is 29.1 Å². The van der Waals surface area contributed by atoms with Crippen LogP contribution in [0.15, 0.2) is 18.2 Å². The molecule has 0 aliphatic heterocycles. The highest BCUT2D eigenvalue weighted by atomic mass is 79.9. The lowest BCUT2D eigenvalue weighted by Crippen LogP contribution is -2.49. The molecule has 4 heteroatoms. The number of rotatable bonds is 5. The summed E-state index contributed by atoms with van der Waals surface area (Å²) in [6, 6.07) is 4.57. The lowest BCUT2D eigenvalue weighted by Gasteiger charge is -2.31. The van der Waals surface area contributed by atoms with Crippen molar-refractivity contribution in [2.45, 2.75) is 39.2 Å². The number of hydrogen-bond acceptors (Lipinski definition) is 1. The van der Waals surface area contributed by atoms with E-state index < -0.39 is 5.82 Å². The molecule has 0 unspecified atom stereocenters. The second-order valence-electron chi connectivity index (χ2n) is 4.56. The Balaban J connectivity index is 2.97. The maximum absolute atomic E-state index is 13.6. The summed E-state index contributed by atoms with van der Waals surface area (Å²) in [6.07, 6.45) is 1.60. The molecule has 100 valence electrons. The Kier molecular flexibility index (Phi) is 5.32. The summed E-state index contributed by atoms with van der Waals surface area (Å²) in [7, 11) is 0. The third kappa shape index (κ3) is 3.31. The summed E-state index contributed by atoms with van der Waals surface area (Å²) >= 11 is 3.42. The highest BCUT2D eigenvalue weighted by Gasteiger charge is 2.28. The Morgan fingerprint density at radius 3 is 2.50 bits per heavy atom. The molecule has 1 rings (SSSR count). The predicted molar refractivity (Wildman–Crippen MR) is 75.7 cm³/mol. The maximum Gasteiger partial charge on any atom is 0.254 e. The van der Waals surface area contributed by atoms with Gasteiger partial charge >= 0.3 is 0 Å². The molecular weight excluding hydrogens is 297 g/mol. The molecule has 0 saturated heterocycles. The van der Waals surface area contributed by atoms with Crippen molar-refractivity contribution in [3.63, 3.8) is 0 Å². The van der Waals surface area contributed by atoms with Gasteiger partial charge in [-0.2, -0.15) is 0 Å². The third-order valence-corrected chi connectivity index (χ3v) is 4.43. The second-order valence-corrected chi connectivity index (χ2v) is 5.12. The molecule has 1 N–H and O–H groups in total. The van der Waals surface area contributed by atoms with E-state index in [1.54, 1.807) is 12.1 Å². The summed E-state index contributed by atoms with van der Waals surface area (Å²) in [5, 5.41) is 3.60. The Morgan fingerprint density at radius 1 is 1.39 bits per heavy atom. The molecule has 0 bridgehead atoms. The van der Waals surface area contributed by atoms with Gasteiger partial charge in [0.05, 0.1) is 5.56 Å². The van der Waals surface area contributed by atoms with Crippen LogP contribution in [0.3, 0.4) is 0 Å². The lowest BCUT2D eigenvalue weighted by atomic mass is 9.95. The minimum absolute atomic E-state index is 0.113. The fourth-order valence-corrected chi connectivity index (χ4v) is 2.70. The Labute approximate surface area is 116 Å². The van der Waals surface area contributed by atoms with Gasteiger partial charge < -0.3 is 5.32 Å². The number of nitrogens with one attached hydrogen (secondary N) is 1. The first kappa shape index (κ1) is 15.2. The monoisotopic (exact) mass is 315 g/mol. The van der Waals surface area contributed by atoms with Crippen LogP contribution in [0.1, 0.15) is 42.6 Å². The first-order valence-electron chi connectivity index (χ1n) is 6.12. The van der Waals surface area contributed by atoms with Gasteiger partial charge in [-0.05, 0) is 31.9 Å². The smallest absolute Gasteiger partial charge is 0.254 e. The number of carbonyl (C=O) groups is 1. The van der Waals surface area contributed by atoms with Crippen LogP contribution < -0.4 is 5.32 Å². The Hall–Kier alpha value is -0.900. The van der Waals surface area contributed by atoms with Crippen molar-refractivity contribution >= 4 is 21.8 Å². The van der Waals surface area contributed by atoms with Crippen LogP contribution in [0.25, 0.3) is 0 Å². The molecule has 0 aliphatic carbocycles. The molecule has 1 aromatic carbocycles. The van der Waals surface area contributed by atoms with Gasteiger partial charge in [0.15, 0.2) is 0 Å². The van der Waals surface area contributed by atoms with Crippen molar-refractivity contribution in [3.8, 4) is 0 Å². The standard InChI is InChI=1S/C14H19BrFNO/c1-4-14(5-2,9-15)17-13(18)11-8-10(3)6-7-12(11)16/h6-8H,4-5,9H2,1-3H3,(H,17,18). The van der Waals surface area contributed by atoms with Crippen molar-refractivity contribution in [3.05, 3.63) is 35.1 Å². The van der Waals surface area contributed by atoms with Crippen molar-refractivity contribution in [1.29, 1.82) is 0 Å². The van der Waals surface area contributed by atoms with Crippen LogP contribution in [0.5, 0.6) is 0 Å². The molecule has 0 heterocycles. The summed E-state index contributed by atoms with van der Waals surface area (Å²) in [5.74, 6) is -0.826. The van der Waals surface area contributed by atoms with E-state index in [2.05, 4.69) is 21.2 Å². The number of amides is 1. The van der Waals surface area contributed by atoms with Crippen LogP contribution in [0, 0.1) is 12.7 Å². The van der Waals surface area contributed by atoms with Crippen LogP contribution in [-0.4, -0.2) is 16.8 Å². The summed E-state index contributed by atoms with van der Waals surface area (Å²) in [6.45, 7) is 5.86. The van der Waals surface area contributed by atoms with E-state index in [0.29, 0.717) is 5.33 Å². The molecule has 2 nitrogen and oxygen atoms in total. The van der Waals surface area contributed by atoms with E-state index >= 15 is 0 Å². The van der Waals surface area contributed by atoms with Crippen molar-refractivity contribution in [2.24, 2.45) is 0 Å². The van der Waals surface area contributed by atoms with Crippen molar-refractivity contribution < 1.29 is 9.18 Å². The predicted octanol–water partition coefficient (Wildman–Crippen LogP) is 3.82. The molecule has 0 atom stereocenters. The van der Waals surface area contributed by atoms with E-state index in [9.17, 15) is 9.18 Å². The van der Waals surface area contributed by atoms with E-state index in [-0.39, 0.29) is 17.0 Å². The first-order chi connectivity index (χ1) is 8.48. The normalized spacial score (nSPS) is 11.4. The van der Waals surface area contributed by atoms with Gasteiger partial charge in [0.1, 0.15) is 5.82 Å². The molecule has 0 aliphatic rings. The number of halogens is 2. The number of hydrogen-bond donors (Lipinski definition) is 1. The molecule has 1 amide bonds. The zero-order valence-corrected chi connectivity index (χ0v) is 12.6. The third-order valence-electron chi connectivity index (χ3n) is 3.35. The van der Waals surface area contributed by atoms with Gasteiger partial charge in [-0.15, -0.1) is 0 Å². The Morgan fingerprint density at radius 2 is 2.00 bits per heavy atom. The Bertz CT molecular complexity index is 422. The number of carbonyl (C=O) groups excluding carboxylic acids is 1. The van der Waals surface area contributed by atoms with Crippen LogP contribution >= 0.6 is 15.9 Å². The van der Waals surface area contributed by atoms with Gasteiger partial charge in [-0.3, -0.25) is 4.79 Å². The van der Waals surface area contributed by atoms with Gasteiger partial charge in [0, 0.05) is 10.9 Å². The number of aryl methyl sites for hydroxylation is 1. The summed E-state index contributed by atoms with van der Waals surface area (Å²) in [5.41, 5.74) is 0.675. The minimum Gasteiger partial charge on any atom is -0.346 e. The average Bonchev–Trinajstić information content (AvgIpc) is 2.38. The highest BCUT2D eigenvalue weighted by Crippen LogP contribution is 2.20. The molecule has 0 aromatic heterocycles. The van der Waals surface area contributed by atoms with E-state index in [1.807, 2.05) is 20.8 Å². The van der Waals surface area contributed by atoms with E-state index in [0.717, 1.165) is 18.4 Å². The second kappa shape index (κ2) is 6.32. The van der Waals surface area contributed by atoms with Gasteiger partial charge in [0.25, 0.3) is 5.91 Å². The summed E-state index contributed by atoms with van der Waals surface area (Å²) < 4.78 is 13.6. The van der Waals surface area contributed by atoms with Gasteiger partial charge in [0.2, 0.25) is 0 Å². The van der Waals surface area contributed by atoms with Gasteiger partial charge in [-0.1, -0.05) is 41.4 Å². The van der Waals surface area contributed by atoms with E-state index in [4.69, 9.17) is 0 Å². The van der Waals surface area contributed by atoms with Crippen LogP contribution in [-0.2, 0) is 0 Å². The van der Waals surface area contributed by atoms with Crippen LogP contribution in [0.4, 0.5) is 4.39 Å². The summed E-state index contributed by atoms with van der Waals surface area (Å²) in [4.78, 5) is 12.1. The molecule has 0 radical (unpaired) electrons. The van der Waals surface area contributed by atoms with Crippen molar-refractivity contribution in [1.82, 2.24) is 5.32 Å². The average molecular weight is 316 g/mol. The SMILES string of the molecule is CCC(CC)(CBr)NC(=O)c1cc(C)ccc1F. The molecule has 0 saturated carbocycles. The zero-order chi connectivity index (χ0) is 13.8. The molecule has 0 spiro atoms. The number of benzene rings is 1. The largest absolute Gasteiger partial charge is 0.346 e. The molecule has 18 heavy (non-hydrogen) atoms. The highest BCUT2D eigenvalue weighted by molar-refractivity contribution is 9.09. The molecule has 1 aromatic rings.